The third-order valence-electron chi connectivity index (χ3n) is 4.19. The molecule has 104 valence electrons. The van der Waals surface area contributed by atoms with E-state index in [9.17, 15) is 5.11 Å². The van der Waals surface area contributed by atoms with Crippen molar-refractivity contribution in [3.8, 4) is 5.75 Å². The van der Waals surface area contributed by atoms with Crippen molar-refractivity contribution < 1.29 is 5.11 Å². The minimum Gasteiger partial charge on any atom is -0.508 e. The molecule has 0 bridgehead atoms. The molecule has 1 aliphatic rings. The van der Waals surface area contributed by atoms with E-state index in [1.165, 1.54) is 24.0 Å². The van der Waals surface area contributed by atoms with Crippen molar-refractivity contribution in [2.24, 2.45) is 0 Å². The third-order valence-corrected chi connectivity index (χ3v) is 4.19. The summed E-state index contributed by atoms with van der Waals surface area (Å²) in [6.07, 6.45) is 3.52. The van der Waals surface area contributed by atoms with E-state index < -0.39 is 0 Å². The molecular weight excluding hydrogens is 246 g/mol. The Morgan fingerprint density at radius 2 is 1.65 bits per heavy atom. The van der Waals surface area contributed by atoms with Crippen molar-refractivity contribution in [2.75, 3.05) is 6.54 Å². The molecule has 0 heterocycles. The SMILES string of the molecule is Oc1ccc(CCNC2CC(c3ccccc3)C2)cc1. The van der Waals surface area contributed by atoms with Crippen molar-refractivity contribution in [3.05, 3.63) is 65.7 Å². The van der Waals surface area contributed by atoms with Crippen LogP contribution >= 0.6 is 0 Å². The number of phenols is 1. The van der Waals surface area contributed by atoms with Gasteiger partial charge in [-0.3, -0.25) is 0 Å². The Bertz CT molecular complexity index is 529. The van der Waals surface area contributed by atoms with Gasteiger partial charge in [0.2, 0.25) is 0 Å². The van der Waals surface area contributed by atoms with Crippen LogP contribution in [-0.4, -0.2) is 17.7 Å². The first-order valence-electron chi connectivity index (χ1n) is 7.37. The summed E-state index contributed by atoms with van der Waals surface area (Å²) >= 11 is 0. The molecule has 2 nitrogen and oxygen atoms in total. The van der Waals surface area contributed by atoms with Gasteiger partial charge in [0.25, 0.3) is 0 Å². The molecule has 1 aliphatic carbocycles. The van der Waals surface area contributed by atoms with E-state index in [2.05, 4.69) is 35.6 Å². The largest absolute Gasteiger partial charge is 0.508 e. The first kappa shape index (κ1) is 13.2. The maximum atomic E-state index is 9.24. The van der Waals surface area contributed by atoms with Gasteiger partial charge in [0, 0.05) is 6.04 Å². The van der Waals surface area contributed by atoms with Gasteiger partial charge in [-0.2, -0.15) is 0 Å². The molecule has 20 heavy (non-hydrogen) atoms. The van der Waals surface area contributed by atoms with Crippen LogP contribution in [0.5, 0.6) is 5.75 Å². The van der Waals surface area contributed by atoms with Crippen LogP contribution in [0.15, 0.2) is 54.6 Å². The lowest BCUT2D eigenvalue weighted by molar-refractivity contribution is 0.293. The van der Waals surface area contributed by atoms with Gasteiger partial charge in [-0.1, -0.05) is 42.5 Å². The molecule has 0 atom stereocenters. The smallest absolute Gasteiger partial charge is 0.115 e. The van der Waals surface area contributed by atoms with Crippen LogP contribution in [0.4, 0.5) is 0 Å². The highest BCUT2D eigenvalue weighted by molar-refractivity contribution is 5.26. The molecule has 3 rings (SSSR count). The quantitative estimate of drug-likeness (QED) is 0.869. The summed E-state index contributed by atoms with van der Waals surface area (Å²) in [5.41, 5.74) is 2.75. The van der Waals surface area contributed by atoms with Gasteiger partial charge >= 0.3 is 0 Å². The highest BCUT2D eigenvalue weighted by Gasteiger charge is 2.29. The van der Waals surface area contributed by atoms with E-state index in [1.54, 1.807) is 12.1 Å². The Labute approximate surface area is 120 Å². The molecule has 2 heteroatoms. The molecule has 0 aliphatic heterocycles. The molecule has 0 spiro atoms. The third kappa shape index (κ3) is 3.20. The van der Waals surface area contributed by atoms with Gasteiger partial charge < -0.3 is 10.4 Å². The van der Waals surface area contributed by atoms with Crippen LogP contribution in [0, 0.1) is 0 Å². The summed E-state index contributed by atoms with van der Waals surface area (Å²) in [4.78, 5) is 0. The summed E-state index contributed by atoms with van der Waals surface area (Å²) < 4.78 is 0. The Balaban J connectivity index is 1.38. The van der Waals surface area contributed by atoms with Crippen molar-refractivity contribution in [1.82, 2.24) is 5.32 Å². The van der Waals surface area contributed by atoms with E-state index in [4.69, 9.17) is 0 Å². The minimum atomic E-state index is 0.339. The summed E-state index contributed by atoms with van der Waals surface area (Å²) in [6, 6.07) is 19.0. The first-order chi connectivity index (χ1) is 9.81. The van der Waals surface area contributed by atoms with E-state index >= 15 is 0 Å². The number of nitrogens with one attached hydrogen (secondary N) is 1. The van der Waals surface area contributed by atoms with E-state index in [1.807, 2.05) is 12.1 Å². The molecular formula is C18H21NO. The molecule has 0 aromatic heterocycles. The maximum absolute atomic E-state index is 9.24. The lowest BCUT2D eigenvalue weighted by Gasteiger charge is -2.36. The minimum absolute atomic E-state index is 0.339. The lowest BCUT2D eigenvalue weighted by atomic mass is 9.76. The van der Waals surface area contributed by atoms with Crippen LogP contribution in [0.2, 0.25) is 0 Å². The number of rotatable bonds is 5. The molecule has 0 unspecified atom stereocenters. The summed E-state index contributed by atoms with van der Waals surface area (Å²) in [6.45, 7) is 1.01. The van der Waals surface area contributed by atoms with E-state index in [-0.39, 0.29) is 0 Å². The average Bonchev–Trinajstić information content (AvgIpc) is 2.44. The fourth-order valence-electron chi connectivity index (χ4n) is 2.87. The van der Waals surface area contributed by atoms with Crippen molar-refractivity contribution >= 4 is 0 Å². The molecule has 1 fully saturated rings. The highest BCUT2D eigenvalue weighted by Crippen LogP contribution is 2.36. The number of phenolic OH excluding ortho intramolecular Hbond substituents is 1. The van der Waals surface area contributed by atoms with Crippen LogP contribution in [-0.2, 0) is 6.42 Å². The molecule has 1 saturated carbocycles. The van der Waals surface area contributed by atoms with Gasteiger partial charge in [0.05, 0.1) is 0 Å². The van der Waals surface area contributed by atoms with Gasteiger partial charge in [-0.15, -0.1) is 0 Å². The van der Waals surface area contributed by atoms with Crippen molar-refractivity contribution in [1.29, 1.82) is 0 Å². The van der Waals surface area contributed by atoms with Gasteiger partial charge in [-0.25, -0.2) is 0 Å². The molecule has 2 N–H and O–H groups in total. The van der Waals surface area contributed by atoms with Crippen LogP contribution in [0.25, 0.3) is 0 Å². The maximum Gasteiger partial charge on any atom is 0.115 e. The standard InChI is InChI=1S/C18H21NO/c20-18-8-6-14(7-9-18)10-11-19-17-12-16(13-17)15-4-2-1-3-5-15/h1-9,16-17,19-20H,10-13H2. The van der Waals surface area contributed by atoms with Crippen LogP contribution in [0.1, 0.15) is 29.9 Å². The molecule has 2 aromatic rings. The average molecular weight is 267 g/mol. The molecule has 0 amide bonds. The van der Waals surface area contributed by atoms with Gasteiger partial charge in [0.15, 0.2) is 0 Å². The fraction of sp³-hybridized carbons (Fsp3) is 0.333. The monoisotopic (exact) mass is 267 g/mol. The number of benzene rings is 2. The van der Waals surface area contributed by atoms with Crippen LogP contribution in [0.3, 0.4) is 0 Å². The summed E-state index contributed by atoms with van der Waals surface area (Å²) in [5.74, 6) is 1.08. The fourth-order valence-corrected chi connectivity index (χ4v) is 2.87. The lowest BCUT2D eigenvalue weighted by Crippen LogP contribution is -2.40. The zero-order chi connectivity index (χ0) is 13.8. The van der Waals surface area contributed by atoms with Gasteiger partial charge in [-0.05, 0) is 55.0 Å². The second kappa shape index (κ2) is 6.10. The second-order valence-electron chi connectivity index (χ2n) is 5.65. The molecule has 0 saturated heterocycles. The molecule has 0 radical (unpaired) electrons. The topological polar surface area (TPSA) is 32.3 Å². The Hall–Kier alpha value is -1.80. The Kier molecular flexibility index (Phi) is 4.03. The number of aromatic hydroxyl groups is 1. The predicted molar refractivity (Wildman–Crippen MR) is 82.0 cm³/mol. The highest BCUT2D eigenvalue weighted by atomic mass is 16.3. The normalized spacial score (nSPS) is 21.4. The second-order valence-corrected chi connectivity index (χ2v) is 5.65. The predicted octanol–water partition coefficient (Wildman–Crippen LogP) is 3.47. The Morgan fingerprint density at radius 1 is 0.950 bits per heavy atom. The summed E-state index contributed by atoms with van der Waals surface area (Å²) in [7, 11) is 0. The van der Waals surface area contributed by atoms with Crippen molar-refractivity contribution in [3.63, 3.8) is 0 Å². The van der Waals surface area contributed by atoms with Crippen LogP contribution < -0.4 is 5.32 Å². The zero-order valence-corrected chi connectivity index (χ0v) is 11.6. The molecule has 2 aromatic carbocycles. The first-order valence-corrected chi connectivity index (χ1v) is 7.37. The number of hydrogen-bond acceptors (Lipinski definition) is 2. The van der Waals surface area contributed by atoms with E-state index in [0.29, 0.717) is 11.8 Å². The van der Waals surface area contributed by atoms with E-state index in [0.717, 1.165) is 18.9 Å². The van der Waals surface area contributed by atoms with Crippen molar-refractivity contribution in [2.45, 2.75) is 31.2 Å². The summed E-state index contributed by atoms with van der Waals surface area (Å²) in [5, 5.41) is 12.9. The number of hydrogen-bond donors (Lipinski definition) is 2. The zero-order valence-electron chi connectivity index (χ0n) is 11.6. The van der Waals surface area contributed by atoms with Gasteiger partial charge in [0.1, 0.15) is 5.75 Å². The Morgan fingerprint density at radius 3 is 2.35 bits per heavy atom.